The third-order valence-corrected chi connectivity index (χ3v) is 6.10. The molecule has 4 rings (SSSR count). The molecule has 2 heterocycles. The van der Waals surface area contributed by atoms with Crippen molar-refractivity contribution in [3.8, 4) is 10.6 Å². The molecule has 29 heavy (non-hydrogen) atoms. The molecule has 0 aliphatic heterocycles. The number of carbonyl (C=O) groups excluding carboxylic acids is 1. The lowest BCUT2D eigenvalue weighted by atomic mass is 10.00. The topological polar surface area (TPSA) is 52.1 Å². The number of rotatable bonds is 5. The lowest BCUT2D eigenvalue weighted by molar-refractivity contribution is -0.144. The number of benzene rings is 2. The molecule has 0 amide bonds. The molecule has 0 fully saturated rings. The van der Waals surface area contributed by atoms with E-state index in [1.54, 1.807) is 0 Å². The van der Waals surface area contributed by atoms with Crippen LogP contribution in [0.4, 0.5) is 0 Å². The van der Waals surface area contributed by atoms with Crippen molar-refractivity contribution >= 4 is 39.8 Å². The van der Waals surface area contributed by atoms with Crippen LogP contribution < -0.4 is 0 Å². The summed E-state index contributed by atoms with van der Waals surface area (Å²) in [7, 11) is 0. The summed E-state index contributed by atoms with van der Waals surface area (Å²) in [6, 6.07) is 15.5. The fraction of sp³-hybridized carbons (Fsp3) is 0.174. The number of hydrogen-bond acceptors (Lipinski definition) is 5. The predicted molar refractivity (Wildman–Crippen MR) is 117 cm³/mol. The number of ether oxygens (including phenoxy) is 1. The van der Waals surface area contributed by atoms with Gasteiger partial charge < -0.3 is 4.74 Å². The van der Waals surface area contributed by atoms with Crippen LogP contribution in [-0.4, -0.2) is 15.9 Å². The normalized spacial score (nSPS) is 11.0. The molecule has 0 spiro atoms. The Kier molecular flexibility index (Phi) is 5.60. The van der Waals surface area contributed by atoms with E-state index in [2.05, 4.69) is 9.97 Å². The van der Waals surface area contributed by atoms with Gasteiger partial charge in [-0.3, -0.25) is 9.78 Å². The molecule has 0 unspecified atom stereocenters. The minimum absolute atomic E-state index is 0.138. The Hall–Kier alpha value is -2.76. The lowest BCUT2D eigenvalue weighted by Gasteiger charge is -2.12. The van der Waals surface area contributed by atoms with Gasteiger partial charge in [0.15, 0.2) is 0 Å². The molecule has 6 heteroatoms. The molecule has 4 aromatic rings. The molecule has 0 bridgehead atoms. The average molecular weight is 423 g/mol. The van der Waals surface area contributed by atoms with Crippen LogP contribution in [0, 0.1) is 13.8 Å². The summed E-state index contributed by atoms with van der Waals surface area (Å²) in [4.78, 5) is 21.6. The molecule has 2 aromatic heterocycles. The first-order chi connectivity index (χ1) is 14.0. The summed E-state index contributed by atoms with van der Waals surface area (Å²) in [5, 5.41) is 4.41. The van der Waals surface area contributed by atoms with Gasteiger partial charge in [0.1, 0.15) is 11.6 Å². The second kappa shape index (κ2) is 8.31. The number of esters is 1. The zero-order valence-electron chi connectivity index (χ0n) is 16.1. The van der Waals surface area contributed by atoms with E-state index in [9.17, 15) is 4.79 Å². The van der Waals surface area contributed by atoms with Crippen molar-refractivity contribution < 1.29 is 9.53 Å². The highest BCUT2D eigenvalue weighted by Crippen LogP contribution is 2.30. The Labute approximate surface area is 178 Å². The second-order valence-corrected chi connectivity index (χ2v) is 8.04. The molecule has 0 saturated carbocycles. The van der Waals surface area contributed by atoms with Gasteiger partial charge in [-0.15, -0.1) is 11.3 Å². The van der Waals surface area contributed by atoms with E-state index in [0.717, 1.165) is 38.3 Å². The Morgan fingerprint density at radius 2 is 1.83 bits per heavy atom. The van der Waals surface area contributed by atoms with Gasteiger partial charge in [-0.05, 0) is 37.1 Å². The van der Waals surface area contributed by atoms with Gasteiger partial charge in [0.2, 0.25) is 0 Å². The van der Waals surface area contributed by atoms with Crippen LogP contribution in [0.15, 0.2) is 53.9 Å². The zero-order chi connectivity index (χ0) is 20.4. The molecule has 4 nitrogen and oxygen atoms in total. The van der Waals surface area contributed by atoms with Crippen molar-refractivity contribution in [3.63, 3.8) is 0 Å². The summed E-state index contributed by atoms with van der Waals surface area (Å²) in [5.41, 5.74) is 5.37. The van der Waals surface area contributed by atoms with E-state index >= 15 is 0 Å². The number of carbonyl (C=O) groups is 1. The van der Waals surface area contributed by atoms with Crippen LogP contribution in [0.5, 0.6) is 0 Å². The van der Waals surface area contributed by atoms with Gasteiger partial charge in [-0.25, -0.2) is 4.98 Å². The number of hydrogen-bond donors (Lipinski definition) is 0. The SMILES string of the molecule is Cc1nc2ccccc2c(C)c1CC(=O)OCc1csc(-c2ccccc2Cl)n1. The Morgan fingerprint density at radius 3 is 2.66 bits per heavy atom. The Morgan fingerprint density at radius 1 is 1.07 bits per heavy atom. The fourth-order valence-corrected chi connectivity index (χ4v) is 4.44. The van der Waals surface area contributed by atoms with Gasteiger partial charge in [0.25, 0.3) is 0 Å². The molecule has 146 valence electrons. The molecule has 0 atom stereocenters. The molecular formula is C23H19ClN2O2S. The molecular weight excluding hydrogens is 404 g/mol. The highest BCUT2D eigenvalue weighted by molar-refractivity contribution is 7.13. The van der Waals surface area contributed by atoms with Crippen LogP contribution in [-0.2, 0) is 22.6 Å². The number of para-hydroxylation sites is 1. The lowest BCUT2D eigenvalue weighted by Crippen LogP contribution is -2.11. The molecule has 0 aliphatic rings. The van der Waals surface area contributed by atoms with Gasteiger partial charge in [-0.2, -0.15) is 0 Å². The van der Waals surface area contributed by atoms with E-state index in [4.69, 9.17) is 16.3 Å². The average Bonchev–Trinajstić information content (AvgIpc) is 3.19. The van der Waals surface area contributed by atoms with E-state index < -0.39 is 0 Å². The summed E-state index contributed by atoms with van der Waals surface area (Å²) in [5.74, 6) is -0.291. The predicted octanol–water partition coefficient (Wildman–Crippen LogP) is 5.91. The van der Waals surface area contributed by atoms with Crippen molar-refractivity contribution in [3.05, 3.63) is 81.4 Å². The Balaban J connectivity index is 1.45. The summed E-state index contributed by atoms with van der Waals surface area (Å²) < 4.78 is 5.48. The number of nitrogens with zero attached hydrogens (tertiary/aromatic N) is 2. The summed E-state index contributed by atoms with van der Waals surface area (Å²) in [6.07, 6.45) is 0.191. The smallest absolute Gasteiger partial charge is 0.310 e. The maximum Gasteiger partial charge on any atom is 0.310 e. The highest BCUT2D eigenvalue weighted by atomic mass is 35.5. The van der Waals surface area contributed by atoms with Gasteiger partial charge in [-0.1, -0.05) is 48.0 Å². The maximum absolute atomic E-state index is 12.5. The van der Waals surface area contributed by atoms with Crippen molar-refractivity contribution in [1.29, 1.82) is 0 Å². The summed E-state index contributed by atoms with van der Waals surface area (Å²) in [6.45, 7) is 4.09. The number of aryl methyl sites for hydroxylation is 2. The highest BCUT2D eigenvalue weighted by Gasteiger charge is 2.15. The van der Waals surface area contributed by atoms with Gasteiger partial charge in [0, 0.05) is 22.0 Å². The Bertz CT molecular complexity index is 1200. The van der Waals surface area contributed by atoms with Crippen LogP contribution in [0.1, 0.15) is 22.5 Å². The molecule has 0 saturated heterocycles. The summed E-state index contributed by atoms with van der Waals surface area (Å²) >= 11 is 7.71. The number of fused-ring (bicyclic) bond motifs is 1. The van der Waals surface area contributed by atoms with Crippen LogP contribution in [0.3, 0.4) is 0 Å². The molecule has 2 aromatic carbocycles. The monoisotopic (exact) mass is 422 g/mol. The van der Waals surface area contributed by atoms with Crippen molar-refractivity contribution in [2.24, 2.45) is 0 Å². The van der Waals surface area contributed by atoms with Crippen LogP contribution >= 0.6 is 22.9 Å². The van der Waals surface area contributed by atoms with Crippen molar-refractivity contribution in [1.82, 2.24) is 9.97 Å². The minimum atomic E-state index is -0.291. The first-order valence-corrected chi connectivity index (χ1v) is 10.5. The molecule has 0 radical (unpaired) electrons. The largest absolute Gasteiger partial charge is 0.459 e. The third-order valence-electron chi connectivity index (χ3n) is 4.84. The van der Waals surface area contributed by atoms with Gasteiger partial charge in [0.05, 0.1) is 22.7 Å². The molecule has 0 N–H and O–H groups in total. The van der Waals surface area contributed by atoms with E-state index in [-0.39, 0.29) is 19.0 Å². The quantitative estimate of drug-likeness (QED) is 0.375. The first kappa shape index (κ1) is 19.6. The van der Waals surface area contributed by atoms with E-state index in [1.165, 1.54) is 11.3 Å². The third kappa shape index (κ3) is 4.16. The van der Waals surface area contributed by atoms with E-state index in [0.29, 0.717) is 10.7 Å². The van der Waals surface area contributed by atoms with E-state index in [1.807, 2.05) is 67.8 Å². The number of thiazole rings is 1. The number of pyridine rings is 1. The number of aromatic nitrogens is 2. The van der Waals surface area contributed by atoms with Crippen LogP contribution in [0.2, 0.25) is 5.02 Å². The first-order valence-electron chi connectivity index (χ1n) is 9.22. The maximum atomic E-state index is 12.5. The fourth-order valence-electron chi connectivity index (χ4n) is 3.31. The van der Waals surface area contributed by atoms with Crippen LogP contribution in [0.25, 0.3) is 21.5 Å². The molecule has 0 aliphatic carbocycles. The second-order valence-electron chi connectivity index (χ2n) is 6.78. The standard InChI is InChI=1S/C23H19ClN2O2S/c1-14-17-7-4-6-10-21(17)25-15(2)19(14)11-22(27)28-12-16-13-29-23(26-16)18-8-3-5-9-20(18)24/h3-10,13H,11-12H2,1-2H3. The van der Waals surface area contributed by atoms with Crippen molar-refractivity contribution in [2.75, 3.05) is 0 Å². The van der Waals surface area contributed by atoms with Crippen molar-refractivity contribution in [2.45, 2.75) is 26.9 Å². The number of halogens is 1. The zero-order valence-corrected chi connectivity index (χ0v) is 17.7. The minimum Gasteiger partial charge on any atom is -0.459 e. The van der Waals surface area contributed by atoms with Gasteiger partial charge >= 0.3 is 5.97 Å².